The lowest BCUT2D eigenvalue weighted by atomic mass is 9.97. The van der Waals surface area contributed by atoms with E-state index in [1.54, 1.807) is 0 Å². The van der Waals surface area contributed by atoms with Gasteiger partial charge in [-0.2, -0.15) is 0 Å². The van der Waals surface area contributed by atoms with Crippen molar-refractivity contribution in [1.82, 2.24) is 0 Å². The normalized spacial score (nSPS) is 12.7. The molecule has 0 aliphatic rings. The zero-order valence-corrected chi connectivity index (χ0v) is 13.8. The minimum absolute atomic E-state index is 0.106. The highest BCUT2D eigenvalue weighted by Gasteiger charge is 2.33. The molecule has 0 bridgehead atoms. The van der Waals surface area contributed by atoms with Crippen LogP contribution in [0.5, 0.6) is 0 Å². The molecule has 2 aromatic carbocycles. The first-order chi connectivity index (χ1) is 10.1. The summed E-state index contributed by atoms with van der Waals surface area (Å²) in [4.78, 5) is 12.8. The molecule has 0 aliphatic carbocycles. The van der Waals surface area contributed by atoms with Gasteiger partial charge in [-0.25, -0.2) is 0 Å². The SMILES string of the molecule is C=C[C@H](CC(=O)[Si](C)(C)c1ccccc1)c1ccccc1. The molecule has 21 heavy (non-hydrogen) atoms. The summed E-state index contributed by atoms with van der Waals surface area (Å²) >= 11 is 0. The molecule has 0 N–H and O–H groups in total. The smallest absolute Gasteiger partial charge is 0.157 e. The molecule has 1 nitrogen and oxygen atoms in total. The summed E-state index contributed by atoms with van der Waals surface area (Å²) in [5, 5.41) is 1.58. The van der Waals surface area contributed by atoms with Crippen LogP contribution >= 0.6 is 0 Å². The first kappa shape index (κ1) is 15.5. The zero-order valence-electron chi connectivity index (χ0n) is 12.8. The third-order valence-corrected chi connectivity index (χ3v) is 7.49. The van der Waals surface area contributed by atoms with Crippen LogP contribution in [0.1, 0.15) is 17.9 Å². The highest BCUT2D eigenvalue weighted by molar-refractivity contribution is 7.13. The Morgan fingerprint density at radius 2 is 1.57 bits per heavy atom. The molecule has 0 fully saturated rings. The van der Waals surface area contributed by atoms with Crippen LogP contribution in [-0.4, -0.2) is 13.5 Å². The molecule has 0 aliphatic heterocycles. The van der Waals surface area contributed by atoms with Gasteiger partial charge in [-0.15, -0.1) is 6.58 Å². The van der Waals surface area contributed by atoms with Gasteiger partial charge in [0.15, 0.2) is 8.07 Å². The van der Waals surface area contributed by atoms with Gasteiger partial charge in [0.1, 0.15) is 5.41 Å². The Morgan fingerprint density at radius 1 is 1.05 bits per heavy atom. The fourth-order valence-corrected chi connectivity index (χ4v) is 4.59. The largest absolute Gasteiger partial charge is 0.305 e. The Balaban J connectivity index is 2.18. The first-order valence-corrected chi connectivity index (χ1v) is 10.3. The predicted molar refractivity (Wildman–Crippen MR) is 92.6 cm³/mol. The van der Waals surface area contributed by atoms with Crippen molar-refractivity contribution in [3.05, 3.63) is 78.9 Å². The van der Waals surface area contributed by atoms with E-state index in [-0.39, 0.29) is 5.92 Å². The van der Waals surface area contributed by atoms with E-state index in [1.807, 2.05) is 42.5 Å². The van der Waals surface area contributed by atoms with Crippen molar-refractivity contribution < 1.29 is 4.79 Å². The van der Waals surface area contributed by atoms with Crippen LogP contribution in [-0.2, 0) is 4.79 Å². The Labute approximate surface area is 128 Å². The quantitative estimate of drug-likeness (QED) is 0.580. The first-order valence-electron chi connectivity index (χ1n) is 7.32. The van der Waals surface area contributed by atoms with Gasteiger partial charge in [-0.1, -0.05) is 85.0 Å². The minimum atomic E-state index is -2.08. The number of allylic oxidation sites excluding steroid dienone is 1. The summed E-state index contributed by atoms with van der Waals surface area (Å²) < 4.78 is 0. The van der Waals surface area contributed by atoms with Crippen molar-refractivity contribution in [3.8, 4) is 0 Å². The average Bonchev–Trinajstić information content (AvgIpc) is 2.54. The number of rotatable bonds is 6. The third kappa shape index (κ3) is 3.59. The van der Waals surface area contributed by atoms with E-state index in [1.165, 1.54) is 10.8 Å². The molecule has 0 aromatic heterocycles. The summed E-state index contributed by atoms with van der Waals surface area (Å²) in [5.41, 5.74) is 1.17. The standard InChI is InChI=1S/C19H22OSi/c1-4-16(17-11-7-5-8-12-17)15-19(20)21(2,3)18-13-9-6-10-14-18/h4-14,16H,1,15H2,2-3H3/t16-/m1/s1. The number of hydrogen-bond donors (Lipinski definition) is 0. The highest BCUT2D eigenvalue weighted by Crippen LogP contribution is 2.23. The monoisotopic (exact) mass is 294 g/mol. The van der Waals surface area contributed by atoms with Gasteiger partial charge in [-0.3, -0.25) is 0 Å². The van der Waals surface area contributed by atoms with E-state index in [0.29, 0.717) is 11.8 Å². The number of carbonyl (C=O) groups excluding carboxylic acids is 1. The molecule has 0 heterocycles. The third-order valence-electron chi connectivity index (χ3n) is 4.11. The molecule has 1 atom stereocenters. The highest BCUT2D eigenvalue weighted by atomic mass is 28.3. The van der Waals surface area contributed by atoms with E-state index in [4.69, 9.17) is 0 Å². The molecule has 2 heteroatoms. The molecular weight excluding hydrogens is 272 g/mol. The molecule has 2 aromatic rings. The van der Waals surface area contributed by atoms with Gasteiger partial charge >= 0.3 is 0 Å². The van der Waals surface area contributed by atoms with Crippen molar-refractivity contribution in [2.45, 2.75) is 25.4 Å². The van der Waals surface area contributed by atoms with Gasteiger partial charge in [0.2, 0.25) is 0 Å². The van der Waals surface area contributed by atoms with Crippen molar-refractivity contribution in [2.24, 2.45) is 0 Å². The molecule has 2 rings (SSSR count). The maximum atomic E-state index is 12.8. The van der Waals surface area contributed by atoms with E-state index >= 15 is 0 Å². The maximum Gasteiger partial charge on any atom is 0.157 e. The van der Waals surface area contributed by atoms with Crippen LogP contribution in [0, 0.1) is 0 Å². The Bertz CT molecular complexity index is 602. The second kappa shape index (κ2) is 6.68. The second-order valence-electron chi connectivity index (χ2n) is 5.87. The Hall–Kier alpha value is -1.93. The van der Waals surface area contributed by atoms with Crippen molar-refractivity contribution in [1.29, 1.82) is 0 Å². The van der Waals surface area contributed by atoms with Crippen LogP contribution in [0.25, 0.3) is 0 Å². The molecule has 0 unspecified atom stereocenters. The van der Waals surface area contributed by atoms with E-state index in [9.17, 15) is 4.79 Å². The van der Waals surface area contributed by atoms with Gasteiger partial charge in [0.05, 0.1) is 0 Å². The lowest BCUT2D eigenvalue weighted by Gasteiger charge is -2.23. The van der Waals surface area contributed by atoms with E-state index in [0.717, 1.165) is 0 Å². The van der Waals surface area contributed by atoms with Gasteiger partial charge in [0, 0.05) is 12.3 Å². The summed E-state index contributed by atoms with van der Waals surface area (Å²) in [6.45, 7) is 8.18. The number of hydrogen-bond acceptors (Lipinski definition) is 1. The average molecular weight is 294 g/mol. The topological polar surface area (TPSA) is 17.1 Å². The summed E-state index contributed by atoms with van der Waals surface area (Å²) in [7, 11) is -2.08. The Morgan fingerprint density at radius 3 is 2.10 bits per heavy atom. The van der Waals surface area contributed by atoms with Crippen LogP contribution < -0.4 is 5.19 Å². The van der Waals surface area contributed by atoms with Crippen LogP contribution in [0.2, 0.25) is 13.1 Å². The molecule has 0 radical (unpaired) electrons. The minimum Gasteiger partial charge on any atom is -0.305 e. The van der Waals surface area contributed by atoms with Gasteiger partial charge in [-0.05, 0) is 5.56 Å². The van der Waals surface area contributed by atoms with Crippen molar-refractivity contribution in [3.63, 3.8) is 0 Å². The van der Waals surface area contributed by atoms with Crippen LogP contribution in [0.4, 0.5) is 0 Å². The lowest BCUT2D eigenvalue weighted by Crippen LogP contribution is -2.50. The van der Waals surface area contributed by atoms with E-state index in [2.05, 4.69) is 43.9 Å². The van der Waals surface area contributed by atoms with Crippen LogP contribution in [0.3, 0.4) is 0 Å². The molecule has 0 amide bonds. The molecule has 0 saturated heterocycles. The summed E-state index contributed by atoms with van der Waals surface area (Å²) in [5.74, 6) is 0.106. The fraction of sp³-hybridized carbons (Fsp3) is 0.211. The van der Waals surface area contributed by atoms with Gasteiger partial charge in [0.25, 0.3) is 0 Å². The van der Waals surface area contributed by atoms with E-state index < -0.39 is 8.07 Å². The van der Waals surface area contributed by atoms with Crippen LogP contribution in [0.15, 0.2) is 73.3 Å². The maximum absolute atomic E-state index is 12.8. The second-order valence-corrected chi connectivity index (χ2v) is 10.3. The lowest BCUT2D eigenvalue weighted by molar-refractivity contribution is -0.112. The molecule has 0 spiro atoms. The molecular formula is C19H22OSi. The molecule has 0 saturated carbocycles. The van der Waals surface area contributed by atoms with Crippen molar-refractivity contribution in [2.75, 3.05) is 0 Å². The fourth-order valence-electron chi connectivity index (χ4n) is 2.51. The molecule has 108 valence electrons. The summed E-state index contributed by atoms with van der Waals surface area (Å²) in [6.07, 6.45) is 2.43. The summed E-state index contributed by atoms with van der Waals surface area (Å²) in [6, 6.07) is 20.3. The van der Waals surface area contributed by atoms with Crippen molar-refractivity contribution >= 4 is 18.7 Å². The zero-order chi connectivity index (χ0) is 15.3. The number of carbonyl (C=O) groups is 1. The predicted octanol–water partition coefficient (Wildman–Crippen LogP) is 4.07. The number of benzene rings is 2. The Kier molecular flexibility index (Phi) is 4.92. The van der Waals surface area contributed by atoms with Gasteiger partial charge < -0.3 is 4.79 Å².